The van der Waals surface area contributed by atoms with E-state index in [2.05, 4.69) is 58.4 Å². The molecule has 0 aliphatic rings. The second kappa shape index (κ2) is 7.37. The van der Waals surface area contributed by atoms with Crippen LogP contribution in [-0.2, 0) is 0 Å². The summed E-state index contributed by atoms with van der Waals surface area (Å²) in [4.78, 5) is 0. The molecule has 0 bridgehead atoms. The number of rotatable bonds is 2. The summed E-state index contributed by atoms with van der Waals surface area (Å²) in [5.74, 6) is 0. The first-order chi connectivity index (χ1) is 17.4. The van der Waals surface area contributed by atoms with E-state index in [4.69, 9.17) is 6.85 Å². The van der Waals surface area contributed by atoms with Crippen LogP contribution in [0.15, 0.2) is 120 Å². The Bertz CT molecular complexity index is 1830. The second-order valence-electron chi connectivity index (χ2n) is 7.56. The standard InChI is InChI=1S/C30H19Br/c31-30-26-13-7-6-12-25(26)29(21-9-2-1-3-10-21)28-19-24(16-17-27(28)30)23-15-14-20-8-4-5-11-22(20)18-23/h1-19H/i1D,2D,3D,9D,10D. The fraction of sp³-hybridized carbons (Fsp3) is 0. The van der Waals surface area contributed by atoms with E-state index in [9.17, 15) is 0 Å². The molecule has 6 aromatic rings. The third-order valence-electron chi connectivity index (χ3n) is 5.79. The fourth-order valence-corrected chi connectivity index (χ4v) is 5.01. The minimum atomic E-state index is -0.392. The van der Waals surface area contributed by atoms with Crippen molar-refractivity contribution in [1.29, 1.82) is 0 Å². The molecule has 0 fully saturated rings. The highest BCUT2D eigenvalue weighted by Crippen LogP contribution is 2.43. The maximum atomic E-state index is 8.70. The molecule has 6 rings (SSSR count). The first kappa shape index (κ1) is 13.8. The average Bonchev–Trinajstić information content (AvgIpc) is 2.92. The Morgan fingerprint density at radius 2 is 1.16 bits per heavy atom. The summed E-state index contributed by atoms with van der Waals surface area (Å²) in [7, 11) is 0. The number of benzene rings is 6. The van der Waals surface area contributed by atoms with Gasteiger partial charge in [0.15, 0.2) is 0 Å². The normalized spacial score (nSPS) is 13.6. The highest BCUT2D eigenvalue weighted by molar-refractivity contribution is 9.10. The Morgan fingerprint density at radius 1 is 0.516 bits per heavy atom. The lowest BCUT2D eigenvalue weighted by Crippen LogP contribution is -1.89. The topological polar surface area (TPSA) is 0 Å². The molecule has 0 N–H and O–H groups in total. The zero-order valence-corrected chi connectivity index (χ0v) is 18.0. The van der Waals surface area contributed by atoms with Gasteiger partial charge in [0.05, 0.1) is 6.85 Å². The Hall–Kier alpha value is -3.42. The van der Waals surface area contributed by atoms with Crippen LogP contribution < -0.4 is 0 Å². The van der Waals surface area contributed by atoms with Gasteiger partial charge in [-0.2, -0.15) is 0 Å². The molecule has 0 heterocycles. The molecule has 31 heavy (non-hydrogen) atoms. The van der Waals surface area contributed by atoms with E-state index in [0.717, 1.165) is 47.9 Å². The van der Waals surface area contributed by atoms with Crippen molar-refractivity contribution in [2.75, 3.05) is 0 Å². The van der Waals surface area contributed by atoms with Crippen LogP contribution in [0.3, 0.4) is 0 Å². The number of halogens is 1. The van der Waals surface area contributed by atoms with Crippen molar-refractivity contribution in [3.05, 3.63) is 120 Å². The molecule has 0 aromatic heterocycles. The third-order valence-corrected chi connectivity index (χ3v) is 6.65. The van der Waals surface area contributed by atoms with Crippen LogP contribution in [-0.4, -0.2) is 0 Å². The maximum absolute atomic E-state index is 8.70. The van der Waals surface area contributed by atoms with E-state index in [1.165, 1.54) is 0 Å². The van der Waals surface area contributed by atoms with Crippen molar-refractivity contribution >= 4 is 48.2 Å². The van der Waals surface area contributed by atoms with Crippen LogP contribution in [0.4, 0.5) is 0 Å². The van der Waals surface area contributed by atoms with Gasteiger partial charge in [-0.1, -0.05) is 103 Å². The lowest BCUT2D eigenvalue weighted by Gasteiger charge is -2.16. The van der Waals surface area contributed by atoms with E-state index in [0.29, 0.717) is 5.56 Å². The zero-order chi connectivity index (χ0) is 25.1. The van der Waals surface area contributed by atoms with Crippen molar-refractivity contribution in [2.24, 2.45) is 0 Å². The summed E-state index contributed by atoms with van der Waals surface area (Å²) >= 11 is 3.78. The first-order valence-electron chi connectivity index (χ1n) is 12.6. The zero-order valence-electron chi connectivity index (χ0n) is 21.5. The highest BCUT2D eigenvalue weighted by Gasteiger charge is 2.14. The van der Waals surface area contributed by atoms with Gasteiger partial charge in [0, 0.05) is 4.47 Å². The summed E-state index contributed by atoms with van der Waals surface area (Å²) in [6.45, 7) is 0. The molecule has 6 aromatic carbocycles. The number of hydrogen-bond acceptors (Lipinski definition) is 0. The van der Waals surface area contributed by atoms with Crippen LogP contribution in [0.2, 0.25) is 0 Å². The van der Waals surface area contributed by atoms with Gasteiger partial charge >= 0.3 is 0 Å². The molecule has 146 valence electrons. The van der Waals surface area contributed by atoms with Crippen LogP contribution in [0.5, 0.6) is 0 Å². The van der Waals surface area contributed by atoms with Crippen LogP contribution in [0, 0.1) is 0 Å². The lowest BCUT2D eigenvalue weighted by atomic mass is 9.90. The Labute approximate surface area is 196 Å². The third kappa shape index (κ3) is 3.05. The van der Waals surface area contributed by atoms with Crippen LogP contribution in [0.25, 0.3) is 54.6 Å². The van der Waals surface area contributed by atoms with Gasteiger partial charge in [0.2, 0.25) is 0 Å². The van der Waals surface area contributed by atoms with E-state index >= 15 is 0 Å². The van der Waals surface area contributed by atoms with E-state index in [1.54, 1.807) is 0 Å². The molecule has 0 unspecified atom stereocenters. The van der Waals surface area contributed by atoms with E-state index in [1.807, 2.05) is 42.5 Å². The molecule has 0 aliphatic heterocycles. The van der Waals surface area contributed by atoms with Gasteiger partial charge in [-0.25, -0.2) is 0 Å². The van der Waals surface area contributed by atoms with Gasteiger partial charge in [-0.15, -0.1) is 0 Å². The van der Waals surface area contributed by atoms with E-state index < -0.39 is 6.04 Å². The fourth-order valence-electron chi connectivity index (χ4n) is 4.32. The van der Waals surface area contributed by atoms with Crippen molar-refractivity contribution in [3.63, 3.8) is 0 Å². The Balaban J connectivity index is 1.75. The maximum Gasteiger partial charge on any atom is 0.0629 e. The average molecular weight is 464 g/mol. The van der Waals surface area contributed by atoms with Gasteiger partial charge < -0.3 is 0 Å². The summed E-state index contributed by atoms with van der Waals surface area (Å²) in [6.07, 6.45) is 0. The molecule has 0 nitrogen and oxygen atoms in total. The van der Waals surface area contributed by atoms with Crippen LogP contribution in [0.1, 0.15) is 6.85 Å². The Kier molecular flexibility index (Phi) is 3.28. The summed E-state index contributed by atoms with van der Waals surface area (Å²) in [5, 5.41) is 5.79. The van der Waals surface area contributed by atoms with Crippen molar-refractivity contribution in [3.8, 4) is 22.3 Å². The predicted molar refractivity (Wildman–Crippen MR) is 138 cm³/mol. The number of fused-ring (bicyclic) bond motifs is 3. The Morgan fingerprint density at radius 3 is 2.00 bits per heavy atom. The molecule has 0 spiro atoms. The molecular formula is C30H19Br. The van der Waals surface area contributed by atoms with Gasteiger partial charge in [-0.05, 0) is 82.6 Å². The van der Waals surface area contributed by atoms with Crippen molar-refractivity contribution < 1.29 is 6.85 Å². The molecule has 1 heteroatoms. The molecule has 0 aliphatic carbocycles. The molecule has 0 radical (unpaired) electrons. The lowest BCUT2D eigenvalue weighted by molar-refractivity contribution is 1.65. The summed E-state index contributed by atoms with van der Waals surface area (Å²) in [6, 6.07) is 27.0. The highest BCUT2D eigenvalue weighted by atomic mass is 79.9. The molecule has 0 saturated carbocycles. The minimum Gasteiger partial charge on any atom is -0.0622 e. The van der Waals surface area contributed by atoms with Gasteiger partial charge in [0.25, 0.3) is 0 Å². The van der Waals surface area contributed by atoms with Crippen LogP contribution >= 0.6 is 15.9 Å². The van der Waals surface area contributed by atoms with Crippen molar-refractivity contribution in [2.45, 2.75) is 0 Å². The first-order valence-corrected chi connectivity index (χ1v) is 10.9. The quantitative estimate of drug-likeness (QED) is 0.224. The molecule has 0 saturated heterocycles. The molecule has 0 amide bonds. The summed E-state index contributed by atoms with van der Waals surface area (Å²) in [5.41, 5.74) is 2.89. The molecule has 0 atom stereocenters. The van der Waals surface area contributed by atoms with Gasteiger partial charge in [0.1, 0.15) is 0 Å². The monoisotopic (exact) mass is 463 g/mol. The predicted octanol–water partition coefficient (Wildman–Crippen LogP) is 9.24. The van der Waals surface area contributed by atoms with Crippen molar-refractivity contribution in [1.82, 2.24) is 0 Å². The van der Waals surface area contributed by atoms with E-state index in [-0.39, 0.29) is 29.7 Å². The number of hydrogen-bond donors (Lipinski definition) is 0. The minimum absolute atomic E-state index is 0.203. The second-order valence-corrected chi connectivity index (χ2v) is 8.35. The summed E-state index contributed by atoms with van der Waals surface area (Å²) < 4.78 is 42.9. The smallest absolute Gasteiger partial charge is 0.0622 e. The largest absolute Gasteiger partial charge is 0.0629 e. The van der Waals surface area contributed by atoms with Gasteiger partial charge in [-0.3, -0.25) is 0 Å². The molecular weight excluding hydrogens is 440 g/mol. The SMILES string of the molecule is [2H]c1c([2H])c([2H])c(-c2c3ccccc3c(Br)c3ccc(-c4ccc5ccccc5c4)cc23)c([2H])c1[2H].